The lowest BCUT2D eigenvalue weighted by atomic mass is 9.50. The van der Waals surface area contributed by atoms with Gasteiger partial charge in [-0.3, -0.25) is 4.79 Å². The van der Waals surface area contributed by atoms with E-state index in [9.17, 15) is 4.79 Å². The minimum atomic E-state index is 0.00983. The van der Waals surface area contributed by atoms with Crippen LogP contribution >= 0.6 is 0 Å². The first-order valence-corrected chi connectivity index (χ1v) is 10.3. The molecule has 2 saturated carbocycles. The zero-order valence-corrected chi connectivity index (χ0v) is 15.5. The molecule has 1 aliphatic heterocycles. The van der Waals surface area contributed by atoms with E-state index in [1.807, 2.05) is 0 Å². The molecule has 2 fully saturated rings. The van der Waals surface area contributed by atoms with Gasteiger partial charge in [0.05, 0.1) is 12.2 Å². The molecule has 5 atom stereocenters. The second-order valence-electron chi connectivity index (χ2n) is 9.09. The fourth-order valence-corrected chi connectivity index (χ4v) is 7.53. The summed E-state index contributed by atoms with van der Waals surface area (Å²) in [5.41, 5.74) is 4.58. The van der Waals surface area contributed by atoms with Crippen molar-refractivity contribution < 1.29 is 9.53 Å². The number of ether oxygens (including phenoxy) is 1. The first kappa shape index (κ1) is 16.1. The highest BCUT2D eigenvalue weighted by molar-refractivity contribution is 5.84. The minimum Gasteiger partial charge on any atom is -0.366 e. The molecular formula is C23H30O2. The van der Waals surface area contributed by atoms with Crippen LogP contribution in [-0.4, -0.2) is 18.0 Å². The summed E-state index contributed by atoms with van der Waals surface area (Å²) in [6, 6.07) is 0. The van der Waals surface area contributed by atoms with Crippen LogP contribution in [0.25, 0.3) is 0 Å². The van der Waals surface area contributed by atoms with Crippen LogP contribution < -0.4 is 0 Å². The summed E-state index contributed by atoms with van der Waals surface area (Å²) in [7, 11) is 0. The van der Waals surface area contributed by atoms with Crippen LogP contribution in [0.5, 0.6) is 0 Å². The van der Waals surface area contributed by atoms with Crippen molar-refractivity contribution >= 4 is 5.78 Å². The quantitative estimate of drug-likeness (QED) is 0.618. The van der Waals surface area contributed by atoms with E-state index >= 15 is 0 Å². The van der Waals surface area contributed by atoms with Gasteiger partial charge in [0.2, 0.25) is 0 Å². The molecule has 4 aliphatic carbocycles. The molecule has 0 radical (unpaired) electrons. The van der Waals surface area contributed by atoms with Crippen LogP contribution in [0.1, 0.15) is 64.7 Å². The Morgan fingerprint density at radius 2 is 2.16 bits per heavy atom. The van der Waals surface area contributed by atoms with E-state index in [4.69, 9.17) is 4.74 Å². The van der Waals surface area contributed by atoms with Gasteiger partial charge >= 0.3 is 0 Å². The van der Waals surface area contributed by atoms with Gasteiger partial charge in [-0.2, -0.15) is 0 Å². The third-order valence-electron chi connectivity index (χ3n) is 8.56. The van der Waals surface area contributed by atoms with Gasteiger partial charge in [0.25, 0.3) is 0 Å². The molecule has 3 unspecified atom stereocenters. The second-order valence-corrected chi connectivity index (χ2v) is 9.09. The third kappa shape index (κ3) is 1.98. The number of ketones is 1. The summed E-state index contributed by atoms with van der Waals surface area (Å²) in [4.78, 5) is 12.0. The summed E-state index contributed by atoms with van der Waals surface area (Å²) in [5, 5.41) is 0. The van der Waals surface area contributed by atoms with E-state index in [0.717, 1.165) is 37.7 Å². The molecule has 0 amide bonds. The number of carbonyl (C=O) groups is 1. The Labute approximate surface area is 151 Å². The molecule has 0 aromatic rings. The van der Waals surface area contributed by atoms with E-state index in [0.29, 0.717) is 23.5 Å². The molecule has 5 aliphatic rings. The van der Waals surface area contributed by atoms with E-state index in [1.54, 1.807) is 5.57 Å². The maximum absolute atomic E-state index is 12.0. The summed E-state index contributed by atoms with van der Waals surface area (Å²) >= 11 is 0. The first-order chi connectivity index (χ1) is 12.1. The average Bonchev–Trinajstić information content (AvgIpc) is 3.22. The van der Waals surface area contributed by atoms with E-state index in [1.165, 1.54) is 43.3 Å². The van der Waals surface area contributed by atoms with Gasteiger partial charge in [0.1, 0.15) is 5.78 Å². The largest absolute Gasteiger partial charge is 0.366 e. The Morgan fingerprint density at radius 1 is 1.28 bits per heavy atom. The van der Waals surface area contributed by atoms with Crippen molar-refractivity contribution in [1.82, 2.24) is 0 Å². The van der Waals surface area contributed by atoms with E-state index in [-0.39, 0.29) is 5.60 Å². The molecule has 1 heterocycles. The van der Waals surface area contributed by atoms with Crippen LogP contribution in [0.3, 0.4) is 0 Å². The summed E-state index contributed by atoms with van der Waals surface area (Å²) < 4.78 is 6.40. The van der Waals surface area contributed by atoms with E-state index in [2.05, 4.69) is 25.7 Å². The van der Waals surface area contributed by atoms with Crippen molar-refractivity contribution in [2.75, 3.05) is 6.61 Å². The second kappa shape index (κ2) is 5.42. The van der Waals surface area contributed by atoms with Crippen molar-refractivity contribution in [3.05, 3.63) is 35.5 Å². The van der Waals surface area contributed by atoms with Crippen LogP contribution in [0.2, 0.25) is 0 Å². The first-order valence-electron chi connectivity index (χ1n) is 10.3. The van der Waals surface area contributed by atoms with Crippen molar-refractivity contribution in [2.24, 2.45) is 23.2 Å². The van der Waals surface area contributed by atoms with Gasteiger partial charge in [0.15, 0.2) is 0 Å². The average molecular weight is 338 g/mol. The molecular weight excluding hydrogens is 308 g/mol. The molecule has 1 spiro atoms. The fraction of sp³-hybridized carbons (Fsp3) is 0.696. The minimum absolute atomic E-state index is 0.00983. The van der Waals surface area contributed by atoms with Crippen LogP contribution in [0, 0.1) is 23.2 Å². The van der Waals surface area contributed by atoms with Gasteiger partial charge < -0.3 is 4.74 Å². The van der Waals surface area contributed by atoms with Crippen molar-refractivity contribution in [1.29, 1.82) is 0 Å². The number of Topliss-reactive ketones (excluding diaryl/α,β-unsaturated/α-hetero) is 1. The van der Waals surface area contributed by atoms with E-state index < -0.39 is 0 Å². The highest BCUT2D eigenvalue weighted by Crippen LogP contribution is 2.67. The standard InChI is InChI=1S/C23H30O2/c1-3-22-10-7-18-17-6-5-16(24)14-19(17)15(2)13-20(18)21(22)8-11-23(22)9-4-12-25-23/h4,9,18,20-21H,2-3,5-8,10-14H2,1H3/t18?,20?,21?,22-,23-/m0/s1. The Morgan fingerprint density at radius 3 is 2.92 bits per heavy atom. The molecule has 0 N–H and O–H groups in total. The molecule has 2 nitrogen and oxygen atoms in total. The monoisotopic (exact) mass is 338 g/mol. The fourth-order valence-electron chi connectivity index (χ4n) is 7.53. The Hall–Kier alpha value is -1.15. The van der Waals surface area contributed by atoms with Gasteiger partial charge in [-0.15, -0.1) is 0 Å². The lowest BCUT2D eigenvalue weighted by Gasteiger charge is -2.55. The van der Waals surface area contributed by atoms with Gasteiger partial charge in [-0.25, -0.2) is 0 Å². The molecule has 2 heteroatoms. The van der Waals surface area contributed by atoms with Crippen LogP contribution in [-0.2, 0) is 9.53 Å². The number of hydrogen-bond acceptors (Lipinski definition) is 2. The summed E-state index contributed by atoms with van der Waals surface area (Å²) in [6.45, 7) is 7.61. The molecule has 0 aromatic carbocycles. The highest BCUT2D eigenvalue weighted by Gasteiger charge is 2.64. The number of fused-ring (bicyclic) bond motifs is 5. The normalized spacial score (nSPS) is 45.7. The van der Waals surface area contributed by atoms with Crippen LogP contribution in [0.15, 0.2) is 35.5 Å². The lowest BCUT2D eigenvalue weighted by molar-refractivity contribution is -0.119. The number of allylic oxidation sites excluding steroid dienone is 3. The Kier molecular flexibility index (Phi) is 3.48. The predicted molar refractivity (Wildman–Crippen MR) is 99.1 cm³/mol. The molecule has 0 bridgehead atoms. The van der Waals surface area contributed by atoms with Crippen molar-refractivity contribution in [3.8, 4) is 0 Å². The highest BCUT2D eigenvalue weighted by atomic mass is 16.5. The van der Waals surface area contributed by atoms with Gasteiger partial charge in [-0.05, 0) is 68.3 Å². The molecule has 0 aromatic heterocycles. The van der Waals surface area contributed by atoms with Gasteiger partial charge in [-0.1, -0.05) is 36.8 Å². The molecule has 25 heavy (non-hydrogen) atoms. The number of carbonyl (C=O) groups excluding carboxylic acids is 1. The molecule has 0 saturated heterocycles. The smallest absolute Gasteiger partial charge is 0.137 e. The SMILES string of the molecule is C=C1CC2C(CC[C@@]3(CC)C2CC[C@@]32C=CCO2)C2=C1CC(=O)CC2. The summed E-state index contributed by atoms with van der Waals surface area (Å²) in [6.07, 6.45) is 14.5. The Balaban J connectivity index is 1.54. The zero-order valence-electron chi connectivity index (χ0n) is 15.5. The predicted octanol–water partition coefficient (Wildman–Crippen LogP) is 5.15. The van der Waals surface area contributed by atoms with Gasteiger partial charge in [0, 0.05) is 18.3 Å². The topological polar surface area (TPSA) is 26.3 Å². The van der Waals surface area contributed by atoms with Crippen molar-refractivity contribution in [2.45, 2.75) is 70.3 Å². The summed E-state index contributed by atoms with van der Waals surface area (Å²) in [5.74, 6) is 2.60. The molecule has 134 valence electrons. The maximum Gasteiger partial charge on any atom is 0.137 e. The molecule has 5 rings (SSSR count). The van der Waals surface area contributed by atoms with Crippen molar-refractivity contribution in [3.63, 3.8) is 0 Å². The third-order valence-corrected chi connectivity index (χ3v) is 8.56. The number of rotatable bonds is 1. The Bertz CT molecular complexity index is 699. The maximum atomic E-state index is 12.0. The number of hydrogen-bond donors (Lipinski definition) is 0. The zero-order chi connectivity index (χ0) is 17.2. The van der Waals surface area contributed by atoms with Crippen LogP contribution in [0.4, 0.5) is 0 Å². The lowest BCUT2D eigenvalue weighted by Crippen LogP contribution is -2.52.